The standard InChI is InChI=1S/C14H27N3S/c1-4-17-7-5-12(10-17)9-15-14-16-13(11(2)3)6-8-18-14/h11-13H,4-10H2,1-3H3,(H,15,16). The van der Waals surface area contributed by atoms with Crippen LogP contribution >= 0.6 is 11.8 Å². The minimum atomic E-state index is 0.626. The molecule has 2 unspecified atom stereocenters. The minimum absolute atomic E-state index is 0.626. The SMILES string of the molecule is CCN1CCC(CN=C2NC(C(C)C)CCS2)C1. The first kappa shape index (κ1) is 14.2. The van der Waals surface area contributed by atoms with Gasteiger partial charge >= 0.3 is 0 Å². The van der Waals surface area contributed by atoms with Gasteiger partial charge in [0.15, 0.2) is 5.17 Å². The fraction of sp³-hybridized carbons (Fsp3) is 0.929. The van der Waals surface area contributed by atoms with E-state index in [1.807, 2.05) is 11.8 Å². The zero-order chi connectivity index (χ0) is 13.0. The molecular formula is C14H27N3S. The van der Waals surface area contributed by atoms with Crippen LogP contribution in [0.2, 0.25) is 0 Å². The summed E-state index contributed by atoms with van der Waals surface area (Å²) in [6.07, 6.45) is 2.59. The lowest BCUT2D eigenvalue weighted by Crippen LogP contribution is -2.41. The van der Waals surface area contributed by atoms with E-state index < -0.39 is 0 Å². The Balaban J connectivity index is 1.78. The molecule has 0 aromatic heterocycles. The summed E-state index contributed by atoms with van der Waals surface area (Å²) in [6, 6.07) is 0.626. The number of likely N-dealkylation sites (tertiary alicyclic amines) is 1. The van der Waals surface area contributed by atoms with Gasteiger partial charge in [0.05, 0.1) is 0 Å². The van der Waals surface area contributed by atoms with E-state index in [-0.39, 0.29) is 0 Å². The van der Waals surface area contributed by atoms with Crippen LogP contribution < -0.4 is 5.32 Å². The fourth-order valence-electron chi connectivity index (χ4n) is 2.71. The molecule has 0 aromatic rings. The summed E-state index contributed by atoms with van der Waals surface area (Å²) in [5, 5.41) is 4.79. The molecule has 2 aliphatic heterocycles. The van der Waals surface area contributed by atoms with Crippen molar-refractivity contribution in [3.63, 3.8) is 0 Å². The summed E-state index contributed by atoms with van der Waals surface area (Å²) < 4.78 is 0. The fourth-order valence-corrected chi connectivity index (χ4v) is 3.67. The summed E-state index contributed by atoms with van der Waals surface area (Å²) in [5.41, 5.74) is 0. The minimum Gasteiger partial charge on any atom is -0.362 e. The quantitative estimate of drug-likeness (QED) is 0.849. The third-order valence-electron chi connectivity index (χ3n) is 4.09. The number of hydrogen-bond donors (Lipinski definition) is 1. The second-order valence-electron chi connectivity index (χ2n) is 5.83. The molecule has 0 amide bonds. The number of amidine groups is 1. The maximum atomic E-state index is 4.81. The molecule has 0 saturated carbocycles. The maximum Gasteiger partial charge on any atom is 0.156 e. The van der Waals surface area contributed by atoms with Crippen LogP contribution in [-0.2, 0) is 0 Å². The predicted molar refractivity (Wildman–Crippen MR) is 81.4 cm³/mol. The number of rotatable bonds is 4. The van der Waals surface area contributed by atoms with E-state index in [0.717, 1.165) is 12.5 Å². The monoisotopic (exact) mass is 269 g/mol. The van der Waals surface area contributed by atoms with E-state index in [2.05, 4.69) is 31.0 Å². The van der Waals surface area contributed by atoms with E-state index in [9.17, 15) is 0 Å². The molecule has 18 heavy (non-hydrogen) atoms. The molecule has 104 valence electrons. The van der Waals surface area contributed by atoms with Crippen molar-refractivity contribution >= 4 is 16.9 Å². The van der Waals surface area contributed by atoms with Gasteiger partial charge in [0, 0.05) is 24.9 Å². The van der Waals surface area contributed by atoms with Gasteiger partial charge in [0.25, 0.3) is 0 Å². The predicted octanol–water partition coefficient (Wildman–Crippen LogP) is 2.44. The molecule has 2 heterocycles. The lowest BCUT2D eigenvalue weighted by atomic mass is 10.0. The van der Waals surface area contributed by atoms with Crippen LogP contribution in [0.25, 0.3) is 0 Å². The van der Waals surface area contributed by atoms with Gasteiger partial charge in [-0.3, -0.25) is 4.99 Å². The molecule has 2 rings (SSSR count). The summed E-state index contributed by atoms with van der Waals surface area (Å²) >= 11 is 1.90. The highest BCUT2D eigenvalue weighted by Crippen LogP contribution is 2.20. The Bertz CT molecular complexity index is 291. The summed E-state index contributed by atoms with van der Waals surface area (Å²) in [6.45, 7) is 11.5. The molecule has 0 spiro atoms. The van der Waals surface area contributed by atoms with Crippen LogP contribution in [-0.4, -0.2) is 48.0 Å². The van der Waals surface area contributed by atoms with Crippen LogP contribution in [0.4, 0.5) is 0 Å². The van der Waals surface area contributed by atoms with Crippen molar-refractivity contribution in [3.05, 3.63) is 0 Å². The Morgan fingerprint density at radius 1 is 1.44 bits per heavy atom. The molecular weight excluding hydrogens is 242 g/mol. The number of hydrogen-bond acceptors (Lipinski definition) is 3. The molecule has 1 N–H and O–H groups in total. The number of thioether (sulfide) groups is 1. The van der Waals surface area contributed by atoms with E-state index in [1.54, 1.807) is 0 Å². The molecule has 4 heteroatoms. The zero-order valence-corrected chi connectivity index (χ0v) is 12.8. The van der Waals surface area contributed by atoms with Crippen molar-refractivity contribution in [1.82, 2.24) is 10.2 Å². The summed E-state index contributed by atoms with van der Waals surface area (Å²) in [7, 11) is 0. The molecule has 0 bridgehead atoms. The molecule has 2 aliphatic rings. The topological polar surface area (TPSA) is 27.6 Å². The Morgan fingerprint density at radius 2 is 2.28 bits per heavy atom. The average Bonchev–Trinajstić information content (AvgIpc) is 2.84. The summed E-state index contributed by atoms with van der Waals surface area (Å²) in [5.74, 6) is 2.71. The van der Waals surface area contributed by atoms with Crippen molar-refractivity contribution in [2.24, 2.45) is 16.8 Å². The molecule has 0 radical (unpaired) electrons. The van der Waals surface area contributed by atoms with Gasteiger partial charge in [-0.05, 0) is 37.8 Å². The molecule has 0 aromatic carbocycles. The number of aliphatic imine (C=N–C) groups is 1. The molecule has 2 atom stereocenters. The highest BCUT2D eigenvalue weighted by Gasteiger charge is 2.23. The van der Waals surface area contributed by atoms with Crippen LogP contribution in [0.15, 0.2) is 4.99 Å². The first-order valence-corrected chi connectivity index (χ1v) is 8.33. The Morgan fingerprint density at radius 3 is 2.94 bits per heavy atom. The third kappa shape index (κ3) is 3.89. The van der Waals surface area contributed by atoms with E-state index >= 15 is 0 Å². The van der Waals surface area contributed by atoms with Gasteiger partial charge in [0.2, 0.25) is 0 Å². The lowest BCUT2D eigenvalue weighted by Gasteiger charge is -2.28. The van der Waals surface area contributed by atoms with E-state index in [4.69, 9.17) is 4.99 Å². The smallest absolute Gasteiger partial charge is 0.156 e. The molecule has 2 fully saturated rings. The van der Waals surface area contributed by atoms with Crippen molar-refractivity contribution in [3.8, 4) is 0 Å². The van der Waals surface area contributed by atoms with Crippen LogP contribution in [0, 0.1) is 11.8 Å². The maximum absolute atomic E-state index is 4.81. The molecule has 0 aliphatic carbocycles. The largest absolute Gasteiger partial charge is 0.362 e. The van der Waals surface area contributed by atoms with Crippen molar-refractivity contribution in [2.75, 3.05) is 31.9 Å². The zero-order valence-electron chi connectivity index (χ0n) is 12.0. The normalized spacial score (nSPS) is 32.1. The highest BCUT2D eigenvalue weighted by atomic mass is 32.2. The van der Waals surface area contributed by atoms with Gasteiger partial charge in [0.1, 0.15) is 0 Å². The van der Waals surface area contributed by atoms with Crippen LogP contribution in [0.1, 0.15) is 33.6 Å². The Labute approximate surface area is 116 Å². The van der Waals surface area contributed by atoms with Crippen molar-refractivity contribution in [2.45, 2.75) is 39.7 Å². The Kier molecular flexibility index (Phi) is 5.37. The molecule has 2 saturated heterocycles. The van der Waals surface area contributed by atoms with Gasteiger partial charge < -0.3 is 10.2 Å². The highest BCUT2D eigenvalue weighted by molar-refractivity contribution is 8.13. The number of nitrogens with zero attached hydrogens (tertiary/aromatic N) is 2. The van der Waals surface area contributed by atoms with Crippen LogP contribution in [0.5, 0.6) is 0 Å². The van der Waals surface area contributed by atoms with Crippen LogP contribution in [0.3, 0.4) is 0 Å². The lowest BCUT2D eigenvalue weighted by molar-refractivity contribution is 0.343. The van der Waals surface area contributed by atoms with Crippen molar-refractivity contribution in [1.29, 1.82) is 0 Å². The van der Waals surface area contributed by atoms with E-state index in [1.165, 1.54) is 43.4 Å². The summed E-state index contributed by atoms with van der Waals surface area (Å²) in [4.78, 5) is 7.34. The van der Waals surface area contributed by atoms with E-state index in [0.29, 0.717) is 12.0 Å². The molecule has 3 nitrogen and oxygen atoms in total. The number of nitrogens with one attached hydrogen (secondary N) is 1. The van der Waals surface area contributed by atoms with Gasteiger partial charge in [-0.2, -0.15) is 0 Å². The second-order valence-corrected chi connectivity index (χ2v) is 6.91. The third-order valence-corrected chi connectivity index (χ3v) is 5.05. The van der Waals surface area contributed by atoms with Gasteiger partial charge in [-0.1, -0.05) is 32.5 Å². The van der Waals surface area contributed by atoms with Crippen molar-refractivity contribution < 1.29 is 0 Å². The Hall–Kier alpha value is -0.220. The first-order chi connectivity index (χ1) is 8.69. The van der Waals surface area contributed by atoms with Gasteiger partial charge in [-0.15, -0.1) is 0 Å². The second kappa shape index (κ2) is 6.80. The first-order valence-electron chi connectivity index (χ1n) is 7.35. The average molecular weight is 269 g/mol. The van der Waals surface area contributed by atoms with Gasteiger partial charge in [-0.25, -0.2) is 0 Å².